The molecule has 0 spiro atoms. The minimum absolute atomic E-state index is 0.0211. The van der Waals surface area contributed by atoms with E-state index in [-0.39, 0.29) is 6.03 Å². The Hall–Kier alpha value is -2.37. The van der Waals surface area contributed by atoms with Crippen LogP contribution in [0.4, 0.5) is 10.5 Å². The number of anilines is 1. The lowest BCUT2D eigenvalue weighted by molar-refractivity contribution is 0.220. The summed E-state index contributed by atoms with van der Waals surface area (Å²) in [6, 6.07) is 6.39. The van der Waals surface area contributed by atoms with E-state index in [0.29, 0.717) is 18.5 Å². The van der Waals surface area contributed by atoms with Crippen LogP contribution in [0.2, 0.25) is 0 Å². The van der Waals surface area contributed by atoms with Crippen LogP contribution in [-0.4, -0.2) is 38.8 Å². The van der Waals surface area contributed by atoms with Gasteiger partial charge in [-0.2, -0.15) is 0 Å². The number of carbonyl (C=O) groups excluding carboxylic acids is 1. The molecule has 6 nitrogen and oxygen atoms in total. The van der Waals surface area contributed by atoms with E-state index in [1.54, 1.807) is 0 Å². The zero-order valence-corrected chi connectivity index (χ0v) is 14.2. The van der Waals surface area contributed by atoms with Gasteiger partial charge in [-0.15, -0.1) is 10.2 Å². The maximum absolute atomic E-state index is 12.6. The minimum Gasteiger partial charge on any atom is -0.322 e. The third-order valence-electron chi connectivity index (χ3n) is 5.02. The van der Waals surface area contributed by atoms with E-state index >= 15 is 0 Å². The Balaban J connectivity index is 1.43. The Bertz CT molecular complexity index is 765. The molecular formula is C18H23N5O. The number of aryl methyl sites for hydroxylation is 2. The number of nitrogens with zero attached hydrogens (tertiary/aromatic N) is 4. The van der Waals surface area contributed by atoms with Crippen LogP contribution in [0.15, 0.2) is 24.5 Å². The smallest absolute Gasteiger partial charge is 0.321 e. The van der Waals surface area contributed by atoms with E-state index in [1.165, 1.54) is 12.8 Å². The molecule has 1 atom stereocenters. The Kier molecular flexibility index (Phi) is 3.75. The number of likely N-dealkylation sites (tertiary alicyclic amines) is 1. The number of rotatable bonds is 3. The molecule has 2 heterocycles. The number of nitrogens with one attached hydrogen (secondary N) is 1. The second-order valence-corrected chi connectivity index (χ2v) is 7.01. The molecule has 1 N–H and O–H groups in total. The van der Waals surface area contributed by atoms with Crippen LogP contribution in [0.5, 0.6) is 0 Å². The predicted molar refractivity (Wildman–Crippen MR) is 92.2 cm³/mol. The van der Waals surface area contributed by atoms with Crippen molar-refractivity contribution in [2.75, 3.05) is 18.4 Å². The summed E-state index contributed by atoms with van der Waals surface area (Å²) in [6.07, 6.45) is 5.20. The summed E-state index contributed by atoms with van der Waals surface area (Å²) in [4.78, 5) is 14.5. The van der Waals surface area contributed by atoms with Crippen molar-refractivity contribution in [3.8, 4) is 0 Å². The van der Waals surface area contributed by atoms with Crippen molar-refractivity contribution in [1.82, 2.24) is 19.7 Å². The standard InChI is InChI=1S/C18H23N5O/c1-12-3-4-13(2)16(9-12)20-18(24)22-8-7-15(10-22)23-11-19-21-17(23)14-5-6-14/h3-4,9,11,14-15H,5-8,10H2,1-2H3,(H,20,24). The third-order valence-corrected chi connectivity index (χ3v) is 5.02. The lowest BCUT2D eigenvalue weighted by atomic mass is 10.1. The maximum Gasteiger partial charge on any atom is 0.321 e. The number of hydrogen-bond acceptors (Lipinski definition) is 3. The first kappa shape index (κ1) is 15.2. The molecule has 1 saturated heterocycles. The Morgan fingerprint density at radius 2 is 2.08 bits per heavy atom. The van der Waals surface area contributed by atoms with Crippen LogP contribution in [-0.2, 0) is 0 Å². The lowest BCUT2D eigenvalue weighted by Gasteiger charge is -2.19. The van der Waals surface area contributed by atoms with Gasteiger partial charge in [0.15, 0.2) is 0 Å². The van der Waals surface area contributed by atoms with E-state index in [4.69, 9.17) is 0 Å². The molecule has 6 heteroatoms. The van der Waals surface area contributed by atoms with Gasteiger partial charge in [0.2, 0.25) is 0 Å². The number of carbonyl (C=O) groups is 1. The molecule has 1 saturated carbocycles. The van der Waals surface area contributed by atoms with Crippen LogP contribution in [0.1, 0.15) is 48.2 Å². The van der Waals surface area contributed by atoms with Crippen LogP contribution in [0.25, 0.3) is 0 Å². The highest BCUT2D eigenvalue weighted by Gasteiger charge is 2.34. The molecule has 1 aromatic carbocycles. The van der Waals surface area contributed by atoms with Crippen molar-refractivity contribution < 1.29 is 4.79 Å². The van der Waals surface area contributed by atoms with E-state index in [0.717, 1.165) is 35.6 Å². The summed E-state index contributed by atoms with van der Waals surface area (Å²) >= 11 is 0. The highest BCUT2D eigenvalue weighted by atomic mass is 16.2. The molecule has 4 rings (SSSR count). The van der Waals surface area contributed by atoms with Crippen molar-refractivity contribution in [1.29, 1.82) is 0 Å². The van der Waals surface area contributed by atoms with Gasteiger partial charge in [-0.05, 0) is 50.3 Å². The summed E-state index contributed by atoms with van der Waals surface area (Å²) in [5.74, 6) is 1.67. The molecule has 1 aromatic heterocycles. The average molecular weight is 325 g/mol. The lowest BCUT2D eigenvalue weighted by Crippen LogP contribution is -2.33. The van der Waals surface area contributed by atoms with E-state index in [9.17, 15) is 4.79 Å². The first-order valence-electron chi connectivity index (χ1n) is 8.64. The van der Waals surface area contributed by atoms with Gasteiger partial charge in [-0.3, -0.25) is 0 Å². The van der Waals surface area contributed by atoms with Crippen molar-refractivity contribution in [2.45, 2.75) is 45.1 Å². The number of benzene rings is 1. The van der Waals surface area contributed by atoms with Crippen LogP contribution in [0, 0.1) is 13.8 Å². The van der Waals surface area contributed by atoms with Gasteiger partial charge < -0.3 is 14.8 Å². The van der Waals surface area contributed by atoms with Gasteiger partial charge in [0, 0.05) is 24.7 Å². The number of hydrogen-bond donors (Lipinski definition) is 1. The molecular weight excluding hydrogens is 302 g/mol. The third kappa shape index (κ3) is 2.88. The Labute approximate surface area is 141 Å². The monoisotopic (exact) mass is 325 g/mol. The highest BCUT2D eigenvalue weighted by Crippen LogP contribution is 2.40. The molecule has 1 unspecified atom stereocenters. The van der Waals surface area contributed by atoms with Crippen LogP contribution < -0.4 is 5.32 Å². The normalized spacial score (nSPS) is 20.4. The van der Waals surface area contributed by atoms with Gasteiger partial charge in [0.25, 0.3) is 0 Å². The van der Waals surface area contributed by atoms with Gasteiger partial charge in [0.1, 0.15) is 12.2 Å². The van der Waals surface area contributed by atoms with Crippen molar-refractivity contribution in [2.24, 2.45) is 0 Å². The van der Waals surface area contributed by atoms with Gasteiger partial charge >= 0.3 is 6.03 Å². The number of urea groups is 1. The molecule has 1 aliphatic carbocycles. The molecule has 2 aromatic rings. The fourth-order valence-electron chi connectivity index (χ4n) is 3.38. The maximum atomic E-state index is 12.6. The minimum atomic E-state index is -0.0211. The average Bonchev–Trinajstić information content (AvgIpc) is 3.10. The van der Waals surface area contributed by atoms with Crippen LogP contribution >= 0.6 is 0 Å². The molecule has 126 valence electrons. The summed E-state index contributed by atoms with van der Waals surface area (Å²) in [5, 5.41) is 11.4. The molecule has 24 heavy (non-hydrogen) atoms. The molecule has 2 fully saturated rings. The number of aromatic nitrogens is 3. The molecule has 2 aliphatic rings. The largest absolute Gasteiger partial charge is 0.322 e. The molecule has 0 radical (unpaired) electrons. The molecule has 1 aliphatic heterocycles. The Morgan fingerprint density at radius 1 is 1.25 bits per heavy atom. The first-order chi connectivity index (χ1) is 11.6. The number of amides is 2. The molecule has 2 amide bonds. The van der Waals surface area contributed by atoms with E-state index in [1.807, 2.05) is 37.2 Å². The van der Waals surface area contributed by atoms with Crippen LogP contribution in [0.3, 0.4) is 0 Å². The summed E-state index contributed by atoms with van der Waals surface area (Å²) < 4.78 is 2.18. The van der Waals surface area contributed by atoms with Gasteiger partial charge in [0.05, 0.1) is 6.04 Å². The van der Waals surface area contributed by atoms with Gasteiger partial charge in [-0.25, -0.2) is 4.79 Å². The fourth-order valence-corrected chi connectivity index (χ4v) is 3.38. The first-order valence-corrected chi connectivity index (χ1v) is 8.64. The summed E-state index contributed by atoms with van der Waals surface area (Å²) in [6.45, 7) is 5.53. The molecule has 0 bridgehead atoms. The van der Waals surface area contributed by atoms with E-state index < -0.39 is 0 Å². The second-order valence-electron chi connectivity index (χ2n) is 7.01. The van der Waals surface area contributed by atoms with Crippen molar-refractivity contribution >= 4 is 11.7 Å². The predicted octanol–water partition coefficient (Wildman–Crippen LogP) is 3.25. The van der Waals surface area contributed by atoms with Crippen molar-refractivity contribution in [3.63, 3.8) is 0 Å². The Morgan fingerprint density at radius 3 is 2.88 bits per heavy atom. The topological polar surface area (TPSA) is 63.1 Å². The summed E-state index contributed by atoms with van der Waals surface area (Å²) in [5.41, 5.74) is 3.12. The van der Waals surface area contributed by atoms with Crippen molar-refractivity contribution in [3.05, 3.63) is 41.5 Å². The zero-order valence-electron chi connectivity index (χ0n) is 14.2. The second kappa shape index (κ2) is 5.92. The SMILES string of the molecule is Cc1ccc(C)c(NC(=O)N2CCC(n3cnnc3C3CC3)C2)c1. The van der Waals surface area contributed by atoms with E-state index in [2.05, 4.69) is 26.1 Å². The van der Waals surface area contributed by atoms with Gasteiger partial charge in [-0.1, -0.05) is 12.1 Å². The fraction of sp³-hybridized carbons (Fsp3) is 0.500. The highest BCUT2D eigenvalue weighted by molar-refractivity contribution is 5.90. The summed E-state index contributed by atoms with van der Waals surface area (Å²) in [7, 11) is 0. The zero-order chi connectivity index (χ0) is 16.7. The quantitative estimate of drug-likeness (QED) is 0.942.